The molecule has 0 aliphatic heterocycles. The standard InChI is InChI=1S/C26H25N7O2/c1-3-10-19-15-18(16-22(35-2)23(19)34)17-27-33-26-31-24(28-20-11-6-4-7-12-20)30-25(32-26)29-21-13-8-5-9-14-21/h3-9,11-17,34H,1,10H2,2H3,(H3,28,29,30,31,32,33)/b27-17+. The van der Waals surface area contributed by atoms with Crippen LogP contribution in [0.5, 0.6) is 11.5 Å². The summed E-state index contributed by atoms with van der Waals surface area (Å²) in [6, 6.07) is 22.7. The van der Waals surface area contributed by atoms with Gasteiger partial charge in [0.1, 0.15) is 0 Å². The van der Waals surface area contributed by atoms with Crippen LogP contribution >= 0.6 is 0 Å². The molecule has 35 heavy (non-hydrogen) atoms. The van der Waals surface area contributed by atoms with Crippen LogP contribution in [0.1, 0.15) is 11.1 Å². The molecular weight excluding hydrogens is 442 g/mol. The summed E-state index contributed by atoms with van der Waals surface area (Å²) in [5.41, 5.74) is 5.94. The number of nitrogens with zero attached hydrogens (tertiary/aromatic N) is 4. The van der Waals surface area contributed by atoms with E-state index in [1.165, 1.54) is 7.11 Å². The second-order valence-electron chi connectivity index (χ2n) is 7.38. The van der Waals surface area contributed by atoms with Gasteiger partial charge in [-0.2, -0.15) is 20.1 Å². The van der Waals surface area contributed by atoms with Gasteiger partial charge >= 0.3 is 0 Å². The fourth-order valence-electron chi connectivity index (χ4n) is 3.23. The number of phenolic OH excluding ortho intramolecular Hbond substituents is 1. The highest BCUT2D eigenvalue weighted by atomic mass is 16.5. The number of benzene rings is 3. The summed E-state index contributed by atoms with van der Waals surface area (Å²) in [5, 5.41) is 20.9. The van der Waals surface area contributed by atoms with Crippen LogP contribution in [0.25, 0.3) is 0 Å². The molecule has 176 valence electrons. The molecule has 0 fully saturated rings. The first kappa shape index (κ1) is 23.2. The van der Waals surface area contributed by atoms with E-state index in [4.69, 9.17) is 4.74 Å². The van der Waals surface area contributed by atoms with Crippen LogP contribution in [-0.2, 0) is 6.42 Å². The van der Waals surface area contributed by atoms with Crippen molar-refractivity contribution in [2.75, 3.05) is 23.2 Å². The van der Waals surface area contributed by atoms with Crippen LogP contribution in [0.15, 0.2) is 90.6 Å². The van der Waals surface area contributed by atoms with Crippen molar-refractivity contribution in [3.8, 4) is 11.5 Å². The van der Waals surface area contributed by atoms with Gasteiger partial charge in [-0.15, -0.1) is 6.58 Å². The maximum Gasteiger partial charge on any atom is 0.250 e. The molecule has 9 heteroatoms. The molecule has 9 nitrogen and oxygen atoms in total. The van der Waals surface area contributed by atoms with Gasteiger partial charge in [0, 0.05) is 16.9 Å². The number of nitrogens with one attached hydrogen (secondary N) is 3. The van der Waals surface area contributed by atoms with Crippen molar-refractivity contribution in [1.29, 1.82) is 0 Å². The number of rotatable bonds is 10. The van der Waals surface area contributed by atoms with Gasteiger partial charge in [0.2, 0.25) is 17.8 Å². The van der Waals surface area contributed by atoms with E-state index in [9.17, 15) is 5.11 Å². The zero-order valence-electron chi connectivity index (χ0n) is 19.1. The van der Waals surface area contributed by atoms with Crippen LogP contribution < -0.4 is 20.8 Å². The number of hydrazone groups is 1. The minimum atomic E-state index is 0.0863. The molecule has 0 spiro atoms. The molecule has 0 atom stereocenters. The van der Waals surface area contributed by atoms with Crippen molar-refractivity contribution in [1.82, 2.24) is 15.0 Å². The topological polar surface area (TPSA) is 117 Å². The third kappa shape index (κ3) is 6.32. The summed E-state index contributed by atoms with van der Waals surface area (Å²) < 4.78 is 5.27. The molecule has 1 heterocycles. The van der Waals surface area contributed by atoms with Crippen molar-refractivity contribution in [2.24, 2.45) is 5.10 Å². The van der Waals surface area contributed by atoms with E-state index in [1.807, 2.05) is 66.7 Å². The van der Waals surface area contributed by atoms with Gasteiger partial charge in [0.25, 0.3) is 0 Å². The largest absolute Gasteiger partial charge is 0.504 e. The highest BCUT2D eigenvalue weighted by Gasteiger charge is 2.10. The van der Waals surface area contributed by atoms with Crippen LogP contribution in [-0.4, -0.2) is 33.4 Å². The van der Waals surface area contributed by atoms with Crippen molar-refractivity contribution >= 4 is 35.4 Å². The maximum absolute atomic E-state index is 10.3. The number of para-hydroxylation sites is 2. The van der Waals surface area contributed by atoms with Crippen LogP contribution in [0.4, 0.5) is 29.2 Å². The van der Waals surface area contributed by atoms with E-state index in [0.717, 1.165) is 16.9 Å². The minimum Gasteiger partial charge on any atom is -0.504 e. The van der Waals surface area contributed by atoms with Crippen LogP contribution in [0.3, 0.4) is 0 Å². The first-order chi connectivity index (χ1) is 17.1. The highest BCUT2D eigenvalue weighted by Crippen LogP contribution is 2.31. The summed E-state index contributed by atoms with van der Waals surface area (Å²) >= 11 is 0. The second-order valence-corrected chi connectivity index (χ2v) is 7.38. The number of aromatic hydroxyl groups is 1. The Hall–Kier alpha value is -4.92. The van der Waals surface area contributed by atoms with Gasteiger partial charge in [0.05, 0.1) is 13.3 Å². The summed E-state index contributed by atoms with van der Waals surface area (Å²) in [6.07, 6.45) is 3.79. The highest BCUT2D eigenvalue weighted by molar-refractivity contribution is 5.82. The number of hydrogen-bond donors (Lipinski definition) is 4. The third-order valence-electron chi connectivity index (χ3n) is 4.83. The van der Waals surface area contributed by atoms with E-state index >= 15 is 0 Å². The second kappa shape index (κ2) is 11.3. The number of phenols is 1. The molecule has 4 rings (SSSR count). The average Bonchev–Trinajstić information content (AvgIpc) is 2.87. The number of methoxy groups -OCH3 is 1. The summed E-state index contributed by atoms with van der Waals surface area (Å²) in [6.45, 7) is 3.73. The Morgan fingerprint density at radius 3 is 2.00 bits per heavy atom. The Labute approximate surface area is 203 Å². The molecule has 3 aromatic carbocycles. The molecule has 0 unspecified atom stereocenters. The summed E-state index contributed by atoms with van der Waals surface area (Å²) in [7, 11) is 1.50. The van der Waals surface area contributed by atoms with Crippen molar-refractivity contribution in [2.45, 2.75) is 6.42 Å². The number of anilines is 5. The van der Waals surface area contributed by atoms with E-state index < -0.39 is 0 Å². The lowest BCUT2D eigenvalue weighted by atomic mass is 10.1. The molecule has 1 aromatic heterocycles. The molecule has 4 N–H and O–H groups in total. The van der Waals surface area contributed by atoms with Crippen molar-refractivity contribution in [3.63, 3.8) is 0 Å². The van der Waals surface area contributed by atoms with Gasteiger partial charge < -0.3 is 20.5 Å². The van der Waals surface area contributed by atoms with Crippen molar-refractivity contribution in [3.05, 3.63) is 96.6 Å². The molecule has 0 saturated carbocycles. The third-order valence-corrected chi connectivity index (χ3v) is 4.83. The van der Waals surface area contributed by atoms with E-state index in [2.05, 4.69) is 42.7 Å². The Morgan fingerprint density at radius 2 is 1.46 bits per heavy atom. The Bertz CT molecular complexity index is 1250. The van der Waals surface area contributed by atoms with Gasteiger partial charge in [0.15, 0.2) is 11.5 Å². The van der Waals surface area contributed by atoms with Crippen LogP contribution in [0.2, 0.25) is 0 Å². The molecule has 0 aliphatic rings. The fourth-order valence-corrected chi connectivity index (χ4v) is 3.23. The average molecular weight is 468 g/mol. The zero-order chi connectivity index (χ0) is 24.5. The van der Waals surface area contributed by atoms with E-state index in [0.29, 0.717) is 29.6 Å². The number of aromatic nitrogens is 3. The molecule has 0 saturated heterocycles. The Kier molecular flexibility index (Phi) is 7.49. The van der Waals surface area contributed by atoms with Crippen molar-refractivity contribution < 1.29 is 9.84 Å². The zero-order valence-corrected chi connectivity index (χ0v) is 19.1. The molecule has 4 aromatic rings. The number of ether oxygens (including phenoxy) is 1. The van der Waals surface area contributed by atoms with Crippen LogP contribution in [0, 0.1) is 0 Å². The van der Waals surface area contributed by atoms with Gasteiger partial charge in [-0.05, 0) is 48.4 Å². The number of allylic oxidation sites excluding steroid dienone is 1. The molecule has 0 radical (unpaired) electrons. The first-order valence-corrected chi connectivity index (χ1v) is 10.8. The summed E-state index contributed by atoms with van der Waals surface area (Å²) in [4.78, 5) is 13.3. The molecular formula is C26H25N7O2. The Morgan fingerprint density at radius 1 is 0.886 bits per heavy atom. The lowest BCUT2D eigenvalue weighted by Crippen LogP contribution is -2.07. The molecule has 0 aliphatic carbocycles. The summed E-state index contributed by atoms with van der Waals surface area (Å²) in [5.74, 6) is 1.38. The lowest BCUT2D eigenvalue weighted by molar-refractivity contribution is 0.371. The smallest absolute Gasteiger partial charge is 0.250 e. The number of hydrogen-bond acceptors (Lipinski definition) is 9. The minimum absolute atomic E-state index is 0.0863. The van der Waals surface area contributed by atoms with Gasteiger partial charge in [-0.1, -0.05) is 42.5 Å². The molecule has 0 amide bonds. The fraction of sp³-hybridized carbons (Fsp3) is 0.0769. The SMILES string of the molecule is C=CCc1cc(/C=N/Nc2nc(Nc3ccccc3)nc(Nc3ccccc3)n2)cc(OC)c1O. The normalized spacial score (nSPS) is 10.7. The first-order valence-electron chi connectivity index (χ1n) is 10.8. The predicted molar refractivity (Wildman–Crippen MR) is 139 cm³/mol. The Balaban J connectivity index is 1.59. The molecule has 0 bridgehead atoms. The van der Waals surface area contributed by atoms with Gasteiger partial charge in [-0.3, -0.25) is 0 Å². The maximum atomic E-state index is 10.3. The van der Waals surface area contributed by atoms with E-state index in [-0.39, 0.29) is 11.7 Å². The quantitative estimate of drug-likeness (QED) is 0.142. The lowest BCUT2D eigenvalue weighted by Gasteiger charge is -2.10. The monoisotopic (exact) mass is 467 g/mol. The van der Waals surface area contributed by atoms with E-state index in [1.54, 1.807) is 18.4 Å². The van der Waals surface area contributed by atoms with Gasteiger partial charge in [-0.25, -0.2) is 5.43 Å². The predicted octanol–water partition coefficient (Wildman–Crippen LogP) is 5.25.